The van der Waals surface area contributed by atoms with E-state index in [9.17, 15) is 10.2 Å². The highest BCUT2D eigenvalue weighted by Gasteiger charge is 2.24. The highest BCUT2D eigenvalue weighted by Crippen LogP contribution is 2.33. The van der Waals surface area contributed by atoms with Crippen LogP contribution in [-0.2, 0) is 12.8 Å². The predicted molar refractivity (Wildman–Crippen MR) is 189 cm³/mol. The van der Waals surface area contributed by atoms with Gasteiger partial charge in [-0.15, -0.1) is 0 Å². The summed E-state index contributed by atoms with van der Waals surface area (Å²) < 4.78 is 2.34. The van der Waals surface area contributed by atoms with Gasteiger partial charge in [-0.05, 0) is 106 Å². The Balaban J connectivity index is 1.85. The molecule has 4 nitrogen and oxygen atoms in total. The van der Waals surface area contributed by atoms with E-state index in [4.69, 9.17) is 9.98 Å². The minimum absolute atomic E-state index is 0.0770. The van der Waals surface area contributed by atoms with E-state index in [1.54, 1.807) is 0 Å². The lowest BCUT2D eigenvalue weighted by Crippen LogP contribution is -2.27. The fourth-order valence-corrected chi connectivity index (χ4v) is 6.57. The first-order valence-electron chi connectivity index (χ1n) is 15.1. The number of rotatable bonds is 14. The molecule has 3 rings (SSSR count). The van der Waals surface area contributed by atoms with Crippen LogP contribution in [0.3, 0.4) is 0 Å². The van der Waals surface area contributed by atoms with Crippen LogP contribution in [0, 0.1) is 0 Å². The Kier molecular flexibility index (Phi) is 14.2. The molecule has 0 aliphatic heterocycles. The van der Waals surface area contributed by atoms with Crippen molar-refractivity contribution in [3.8, 4) is 11.5 Å². The average Bonchev–Trinajstić information content (AvgIpc) is 2.93. The van der Waals surface area contributed by atoms with Gasteiger partial charge in [0.25, 0.3) is 0 Å². The summed E-state index contributed by atoms with van der Waals surface area (Å²) in [6.45, 7) is 8.54. The molecule has 2 N–H and O–H groups in total. The number of nitrogens with zero attached hydrogens (tertiary/aromatic N) is 2. The molecule has 0 amide bonds. The summed E-state index contributed by atoms with van der Waals surface area (Å²) in [5.41, 5.74) is 6.20. The normalized spacial score (nSPS) is 18.1. The number of aromatic hydroxyl groups is 2. The van der Waals surface area contributed by atoms with Crippen molar-refractivity contribution >= 4 is 57.6 Å². The summed E-state index contributed by atoms with van der Waals surface area (Å²) in [6, 6.07) is 8.74. The number of halogens is 2. The molecule has 1 aliphatic rings. The fraction of sp³-hybridized carbons (Fsp3) is 0.588. The maximum absolute atomic E-state index is 11.1. The van der Waals surface area contributed by atoms with E-state index in [-0.39, 0.29) is 23.9 Å². The Morgan fingerprint density at radius 1 is 0.700 bits per heavy atom. The minimum atomic E-state index is 0.0770. The molecule has 2 aromatic carbocycles. The third-order valence-corrected chi connectivity index (χ3v) is 9.43. The van der Waals surface area contributed by atoms with Gasteiger partial charge in [0.1, 0.15) is 11.5 Å². The third-order valence-electron chi connectivity index (χ3n) is 7.90. The molecule has 2 atom stereocenters. The van der Waals surface area contributed by atoms with Gasteiger partial charge in [0.2, 0.25) is 0 Å². The summed E-state index contributed by atoms with van der Waals surface area (Å²) in [4.78, 5) is 10.0. The standard InChI is InChI=1S/C34H48I2N2O2/c1-23(2)29-19-25(11-7-9-15-35)17-27(33(29)39)21-37-31-13-5-6-14-32(31)38-22-28-18-26(12-8-10-16-36)20-30(24(3)4)34(28)40/h17-24,31-32,39-40H,5-16H2,1-4H3/t31-,32-/m0/s1. The van der Waals surface area contributed by atoms with E-state index >= 15 is 0 Å². The van der Waals surface area contributed by atoms with E-state index < -0.39 is 0 Å². The Bertz CT molecular complexity index is 1050. The molecule has 0 radical (unpaired) electrons. The van der Waals surface area contributed by atoms with Gasteiger partial charge in [-0.1, -0.05) is 97.9 Å². The largest absolute Gasteiger partial charge is 0.507 e. The van der Waals surface area contributed by atoms with Crippen LogP contribution >= 0.6 is 45.2 Å². The molecule has 0 heterocycles. The number of hydrogen-bond donors (Lipinski definition) is 2. The molecule has 6 heteroatoms. The number of alkyl halides is 2. The lowest BCUT2D eigenvalue weighted by molar-refractivity contribution is 0.390. The van der Waals surface area contributed by atoms with Gasteiger partial charge in [-0.3, -0.25) is 9.98 Å². The Labute approximate surface area is 269 Å². The van der Waals surface area contributed by atoms with Gasteiger partial charge in [0.15, 0.2) is 0 Å². The Morgan fingerprint density at radius 2 is 1.10 bits per heavy atom. The van der Waals surface area contributed by atoms with Crippen molar-refractivity contribution in [1.29, 1.82) is 0 Å². The molecule has 1 saturated carbocycles. The molecule has 2 aromatic rings. The average molecular weight is 771 g/mol. The van der Waals surface area contributed by atoms with Crippen LogP contribution in [0.2, 0.25) is 0 Å². The second kappa shape index (κ2) is 17.1. The maximum atomic E-state index is 11.1. The van der Waals surface area contributed by atoms with Crippen LogP contribution < -0.4 is 0 Å². The summed E-state index contributed by atoms with van der Waals surface area (Å²) in [6.07, 6.45) is 14.8. The Hall–Kier alpha value is -1.16. The molecule has 220 valence electrons. The van der Waals surface area contributed by atoms with Crippen molar-refractivity contribution in [2.24, 2.45) is 9.98 Å². The van der Waals surface area contributed by atoms with E-state index in [1.807, 2.05) is 12.4 Å². The van der Waals surface area contributed by atoms with Gasteiger partial charge in [0.05, 0.1) is 12.1 Å². The Morgan fingerprint density at radius 3 is 1.45 bits per heavy atom. The highest BCUT2D eigenvalue weighted by molar-refractivity contribution is 14.1. The van der Waals surface area contributed by atoms with Crippen molar-refractivity contribution in [3.05, 3.63) is 57.6 Å². The lowest BCUT2D eigenvalue weighted by Gasteiger charge is -2.25. The van der Waals surface area contributed by atoms with Crippen molar-refractivity contribution in [2.45, 2.75) is 116 Å². The number of phenols is 2. The van der Waals surface area contributed by atoms with Crippen LogP contribution in [0.15, 0.2) is 34.3 Å². The molecule has 0 saturated heterocycles. The molecule has 1 fully saturated rings. The summed E-state index contributed by atoms with van der Waals surface area (Å²) in [7, 11) is 0. The number of unbranched alkanes of at least 4 members (excludes halogenated alkanes) is 2. The molecule has 40 heavy (non-hydrogen) atoms. The van der Waals surface area contributed by atoms with Crippen LogP contribution in [0.1, 0.15) is 124 Å². The molecule has 0 aromatic heterocycles. The van der Waals surface area contributed by atoms with E-state index in [0.717, 1.165) is 73.6 Å². The van der Waals surface area contributed by atoms with Crippen molar-refractivity contribution in [2.75, 3.05) is 8.86 Å². The van der Waals surface area contributed by atoms with E-state index in [0.29, 0.717) is 11.5 Å². The van der Waals surface area contributed by atoms with Crippen LogP contribution in [0.5, 0.6) is 11.5 Å². The quantitative estimate of drug-likeness (QED) is 0.0870. The number of aryl methyl sites for hydroxylation is 2. The molecule has 0 spiro atoms. The zero-order valence-electron chi connectivity index (χ0n) is 24.8. The zero-order valence-corrected chi connectivity index (χ0v) is 29.1. The van der Waals surface area contributed by atoms with E-state index in [2.05, 4.69) is 97.1 Å². The fourth-order valence-electron chi connectivity index (χ4n) is 5.49. The molecule has 0 bridgehead atoms. The van der Waals surface area contributed by atoms with Crippen molar-refractivity contribution in [3.63, 3.8) is 0 Å². The second-order valence-corrected chi connectivity index (χ2v) is 14.0. The van der Waals surface area contributed by atoms with E-state index in [1.165, 1.54) is 32.8 Å². The summed E-state index contributed by atoms with van der Waals surface area (Å²) >= 11 is 4.87. The smallest absolute Gasteiger partial charge is 0.127 e. The van der Waals surface area contributed by atoms with Gasteiger partial charge < -0.3 is 10.2 Å². The molecular formula is C34H48I2N2O2. The number of benzene rings is 2. The molecule has 1 aliphatic carbocycles. The topological polar surface area (TPSA) is 65.2 Å². The molecule has 0 unspecified atom stereocenters. The SMILES string of the molecule is CC(C)c1cc(CCCCI)cc(C=N[C@H]2CCCC[C@@H]2N=Cc2cc(CCCCI)cc(C(C)C)c2O)c1O. The van der Waals surface area contributed by atoms with Crippen LogP contribution in [-0.4, -0.2) is 43.6 Å². The van der Waals surface area contributed by atoms with Gasteiger partial charge >= 0.3 is 0 Å². The first-order valence-corrected chi connectivity index (χ1v) is 18.2. The maximum Gasteiger partial charge on any atom is 0.127 e. The predicted octanol–water partition coefficient (Wildman–Crippen LogP) is 9.71. The number of aliphatic imine (C=N–C) groups is 2. The number of phenolic OH excluding ortho intramolecular Hbond substituents is 2. The molecular weight excluding hydrogens is 722 g/mol. The van der Waals surface area contributed by atoms with Crippen molar-refractivity contribution in [1.82, 2.24) is 0 Å². The van der Waals surface area contributed by atoms with Gasteiger partial charge in [-0.2, -0.15) is 0 Å². The minimum Gasteiger partial charge on any atom is -0.507 e. The first-order chi connectivity index (χ1) is 19.2. The second-order valence-electron chi connectivity index (χ2n) is 11.8. The van der Waals surface area contributed by atoms with Crippen molar-refractivity contribution < 1.29 is 10.2 Å². The highest BCUT2D eigenvalue weighted by atomic mass is 127. The zero-order chi connectivity index (χ0) is 29.1. The van der Waals surface area contributed by atoms with Crippen LogP contribution in [0.4, 0.5) is 0 Å². The summed E-state index contributed by atoms with van der Waals surface area (Å²) in [5, 5.41) is 22.1. The van der Waals surface area contributed by atoms with Gasteiger partial charge in [-0.25, -0.2) is 0 Å². The van der Waals surface area contributed by atoms with Gasteiger partial charge in [0, 0.05) is 23.6 Å². The third kappa shape index (κ3) is 9.70. The summed E-state index contributed by atoms with van der Waals surface area (Å²) in [5.74, 6) is 1.23. The first kappa shape index (κ1) is 33.3. The van der Waals surface area contributed by atoms with Crippen LogP contribution in [0.25, 0.3) is 0 Å². The lowest BCUT2D eigenvalue weighted by atomic mass is 9.90. The number of hydrogen-bond acceptors (Lipinski definition) is 4. The monoisotopic (exact) mass is 770 g/mol.